The smallest absolute Gasteiger partial charge is 0.113 e. The zero-order valence-corrected chi connectivity index (χ0v) is 12.0. The molecule has 0 aliphatic heterocycles. The maximum Gasteiger partial charge on any atom is 0.113 e. The van der Waals surface area contributed by atoms with Crippen molar-refractivity contribution < 1.29 is 0 Å². The molecule has 2 nitrogen and oxygen atoms in total. The average Bonchev–Trinajstić information content (AvgIpc) is 2.59. The van der Waals surface area contributed by atoms with E-state index in [9.17, 15) is 0 Å². The molecule has 1 heterocycles. The van der Waals surface area contributed by atoms with Crippen molar-refractivity contribution in [3.05, 3.63) is 15.6 Å². The van der Waals surface area contributed by atoms with E-state index in [1.54, 1.807) is 0 Å². The van der Waals surface area contributed by atoms with Crippen molar-refractivity contribution in [2.75, 3.05) is 7.05 Å². The number of rotatable bonds is 6. The summed E-state index contributed by atoms with van der Waals surface area (Å²) in [5, 5.41) is 4.79. The van der Waals surface area contributed by atoms with Crippen LogP contribution in [0.1, 0.15) is 55.1 Å². The molecule has 0 saturated heterocycles. The fourth-order valence-corrected chi connectivity index (χ4v) is 3.39. The minimum atomic E-state index is 0.104. The predicted octanol–water partition coefficient (Wildman–Crippen LogP) is 3.77. The summed E-state index contributed by atoms with van der Waals surface area (Å²) >= 11 is 1.85. The van der Waals surface area contributed by atoms with E-state index in [2.05, 4.69) is 40.1 Å². The van der Waals surface area contributed by atoms with E-state index < -0.39 is 0 Å². The van der Waals surface area contributed by atoms with Gasteiger partial charge in [-0.2, -0.15) is 0 Å². The zero-order valence-electron chi connectivity index (χ0n) is 11.2. The molecule has 0 amide bonds. The van der Waals surface area contributed by atoms with Crippen LogP contribution in [0.4, 0.5) is 0 Å². The zero-order chi connectivity index (χ0) is 12.2. The molecule has 16 heavy (non-hydrogen) atoms. The van der Waals surface area contributed by atoms with Crippen molar-refractivity contribution in [1.29, 1.82) is 0 Å². The Kier molecular flexibility index (Phi) is 4.93. The molecular formula is C13H24N2S. The lowest BCUT2D eigenvalue weighted by Crippen LogP contribution is -2.39. The number of thiazole rings is 1. The molecular weight excluding hydrogens is 216 g/mol. The van der Waals surface area contributed by atoms with E-state index in [0.717, 1.165) is 0 Å². The summed E-state index contributed by atoms with van der Waals surface area (Å²) in [5.41, 5.74) is 1.29. The normalized spacial score (nSPS) is 12.1. The maximum atomic E-state index is 4.75. The third kappa shape index (κ3) is 2.64. The number of aromatic nitrogens is 1. The summed E-state index contributed by atoms with van der Waals surface area (Å²) < 4.78 is 0. The van der Waals surface area contributed by atoms with Gasteiger partial charge in [0.25, 0.3) is 0 Å². The molecule has 1 N–H and O–H groups in total. The standard InChI is InChI=1S/C13H24N2S/c1-6-8-13(14-5,9-7-2)12-15-10(3)11(4)16-12/h14H,6-9H2,1-5H3. The Morgan fingerprint density at radius 2 is 1.75 bits per heavy atom. The van der Waals surface area contributed by atoms with Crippen LogP contribution in [0.2, 0.25) is 0 Å². The van der Waals surface area contributed by atoms with Crippen LogP contribution in [0.5, 0.6) is 0 Å². The minimum Gasteiger partial charge on any atom is -0.308 e. The molecule has 1 aromatic heterocycles. The van der Waals surface area contributed by atoms with Crippen LogP contribution in [0.3, 0.4) is 0 Å². The van der Waals surface area contributed by atoms with Gasteiger partial charge in [0.15, 0.2) is 0 Å². The lowest BCUT2D eigenvalue weighted by molar-refractivity contribution is 0.300. The molecule has 0 atom stereocenters. The number of nitrogens with one attached hydrogen (secondary N) is 1. The third-order valence-corrected chi connectivity index (χ3v) is 4.55. The van der Waals surface area contributed by atoms with Crippen molar-refractivity contribution in [3.63, 3.8) is 0 Å². The molecule has 0 aliphatic carbocycles. The lowest BCUT2D eigenvalue weighted by Gasteiger charge is -2.31. The first-order valence-electron chi connectivity index (χ1n) is 6.23. The van der Waals surface area contributed by atoms with Crippen molar-refractivity contribution in [2.24, 2.45) is 0 Å². The number of hydrogen-bond donors (Lipinski definition) is 1. The predicted molar refractivity (Wildman–Crippen MR) is 72.1 cm³/mol. The largest absolute Gasteiger partial charge is 0.308 e. The van der Waals surface area contributed by atoms with Crippen molar-refractivity contribution in [1.82, 2.24) is 10.3 Å². The van der Waals surface area contributed by atoms with Crippen molar-refractivity contribution >= 4 is 11.3 Å². The van der Waals surface area contributed by atoms with Crippen LogP contribution >= 0.6 is 11.3 Å². The van der Waals surface area contributed by atoms with Crippen LogP contribution in [-0.2, 0) is 5.54 Å². The summed E-state index contributed by atoms with van der Waals surface area (Å²) in [7, 11) is 2.07. The monoisotopic (exact) mass is 240 g/mol. The number of aryl methyl sites for hydroxylation is 2. The Bertz CT molecular complexity index is 305. The third-order valence-electron chi connectivity index (χ3n) is 3.27. The van der Waals surface area contributed by atoms with Gasteiger partial charge in [-0.1, -0.05) is 26.7 Å². The van der Waals surface area contributed by atoms with E-state index in [0.29, 0.717) is 0 Å². The molecule has 92 valence electrons. The Labute approximate surface area is 103 Å². The van der Waals surface area contributed by atoms with Crippen LogP contribution in [0.25, 0.3) is 0 Å². The second-order valence-electron chi connectivity index (χ2n) is 4.49. The topological polar surface area (TPSA) is 24.9 Å². The van der Waals surface area contributed by atoms with Crippen LogP contribution in [-0.4, -0.2) is 12.0 Å². The molecule has 0 saturated carbocycles. The molecule has 0 spiro atoms. The Balaban J connectivity index is 3.07. The summed E-state index contributed by atoms with van der Waals surface area (Å²) in [4.78, 5) is 6.10. The first-order valence-corrected chi connectivity index (χ1v) is 7.04. The summed E-state index contributed by atoms with van der Waals surface area (Å²) in [6.07, 6.45) is 4.73. The first kappa shape index (κ1) is 13.7. The molecule has 0 bridgehead atoms. The van der Waals surface area contributed by atoms with Gasteiger partial charge in [-0.25, -0.2) is 4.98 Å². The SMILES string of the molecule is CCCC(CCC)(NC)c1nc(C)c(C)s1. The number of hydrogen-bond acceptors (Lipinski definition) is 3. The van der Waals surface area contributed by atoms with E-state index in [1.165, 1.54) is 41.3 Å². The summed E-state index contributed by atoms with van der Waals surface area (Å²) in [5.74, 6) is 0. The minimum absolute atomic E-state index is 0.104. The van der Waals surface area contributed by atoms with Gasteiger partial charge in [-0.15, -0.1) is 11.3 Å². The molecule has 0 fully saturated rings. The molecule has 0 aliphatic rings. The maximum absolute atomic E-state index is 4.75. The fraction of sp³-hybridized carbons (Fsp3) is 0.769. The van der Waals surface area contributed by atoms with E-state index >= 15 is 0 Å². The van der Waals surface area contributed by atoms with Crippen molar-refractivity contribution in [3.8, 4) is 0 Å². The highest BCUT2D eigenvalue weighted by Gasteiger charge is 2.31. The average molecular weight is 240 g/mol. The van der Waals surface area contributed by atoms with Gasteiger partial charge in [0.2, 0.25) is 0 Å². The van der Waals surface area contributed by atoms with Crippen LogP contribution in [0, 0.1) is 13.8 Å². The Morgan fingerprint density at radius 1 is 1.19 bits per heavy atom. The fourth-order valence-electron chi connectivity index (χ4n) is 2.23. The summed E-state index contributed by atoms with van der Waals surface area (Å²) in [6, 6.07) is 0. The van der Waals surface area contributed by atoms with Crippen LogP contribution < -0.4 is 5.32 Å². The van der Waals surface area contributed by atoms with Crippen molar-refractivity contribution in [2.45, 2.75) is 58.9 Å². The van der Waals surface area contributed by atoms with Crippen LogP contribution in [0.15, 0.2) is 0 Å². The second kappa shape index (κ2) is 5.78. The molecule has 1 rings (SSSR count). The molecule has 1 aromatic rings. The molecule has 0 unspecified atom stereocenters. The number of nitrogens with zero attached hydrogens (tertiary/aromatic N) is 1. The van der Waals surface area contributed by atoms with Gasteiger partial charge in [-0.3, -0.25) is 0 Å². The van der Waals surface area contributed by atoms with Gasteiger partial charge < -0.3 is 5.32 Å². The van der Waals surface area contributed by atoms with Gasteiger partial charge >= 0.3 is 0 Å². The Morgan fingerprint density at radius 3 is 2.06 bits per heavy atom. The van der Waals surface area contributed by atoms with Gasteiger partial charge in [0, 0.05) is 4.88 Å². The van der Waals surface area contributed by atoms with E-state index in [4.69, 9.17) is 4.98 Å². The van der Waals surface area contributed by atoms with Gasteiger partial charge in [-0.05, 0) is 33.7 Å². The molecule has 3 heteroatoms. The molecule has 0 radical (unpaired) electrons. The molecule has 0 aromatic carbocycles. The lowest BCUT2D eigenvalue weighted by atomic mass is 9.89. The highest BCUT2D eigenvalue weighted by atomic mass is 32.1. The highest BCUT2D eigenvalue weighted by molar-refractivity contribution is 7.11. The Hall–Kier alpha value is -0.410. The second-order valence-corrected chi connectivity index (χ2v) is 5.70. The quantitative estimate of drug-likeness (QED) is 0.818. The van der Waals surface area contributed by atoms with E-state index in [-0.39, 0.29) is 5.54 Å². The highest BCUT2D eigenvalue weighted by Crippen LogP contribution is 2.35. The van der Waals surface area contributed by atoms with Gasteiger partial charge in [0.05, 0.1) is 11.2 Å². The summed E-state index contributed by atoms with van der Waals surface area (Å²) in [6.45, 7) is 8.76. The van der Waals surface area contributed by atoms with E-state index in [1.807, 2.05) is 11.3 Å². The van der Waals surface area contributed by atoms with Gasteiger partial charge in [0.1, 0.15) is 5.01 Å². The first-order chi connectivity index (χ1) is 7.59.